The average Bonchev–Trinajstić information content (AvgIpc) is 2.61. The van der Waals surface area contributed by atoms with Gasteiger partial charge in [0.2, 0.25) is 0 Å². The number of hydrogen-bond donors (Lipinski definition) is 1. The van der Waals surface area contributed by atoms with E-state index in [2.05, 4.69) is 62.5 Å². The van der Waals surface area contributed by atoms with Gasteiger partial charge in [0.15, 0.2) is 0 Å². The largest absolute Gasteiger partial charge is 0.423 e. The Morgan fingerprint density at radius 3 is 2.48 bits per heavy atom. The molecule has 3 rings (SSSR count). The maximum atomic E-state index is 12.0. The number of fused-ring (bicyclic) bond motifs is 1. The lowest BCUT2D eigenvalue weighted by Crippen LogP contribution is -2.84. The van der Waals surface area contributed by atoms with E-state index in [0.717, 1.165) is 23.9 Å². The molecule has 0 spiro atoms. The molecule has 0 saturated carbocycles. The summed E-state index contributed by atoms with van der Waals surface area (Å²) in [6.07, 6.45) is 0.930. The standard InChI is InChI=1S/C22H25NO2/c1-4-16-10-11-19-18(13-21(24)25-20(19)12-16)14-23-22(15(2)3)17-8-6-5-7-9-17/h5-13,15,22-23H,4,14H2,1-3H3/p+1/t22-/m0/s1. The van der Waals surface area contributed by atoms with E-state index >= 15 is 0 Å². The molecule has 2 aromatic carbocycles. The van der Waals surface area contributed by atoms with Gasteiger partial charge in [-0.15, -0.1) is 0 Å². The first kappa shape index (κ1) is 17.4. The van der Waals surface area contributed by atoms with Crippen LogP contribution in [-0.2, 0) is 13.0 Å². The monoisotopic (exact) mass is 336 g/mol. The molecule has 0 radical (unpaired) electrons. The Morgan fingerprint density at radius 1 is 1.04 bits per heavy atom. The summed E-state index contributed by atoms with van der Waals surface area (Å²) in [5, 5.41) is 3.35. The molecule has 0 saturated heterocycles. The summed E-state index contributed by atoms with van der Waals surface area (Å²) in [6.45, 7) is 7.33. The van der Waals surface area contributed by atoms with Crippen molar-refractivity contribution in [2.45, 2.75) is 39.8 Å². The Hall–Kier alpha value is -2.39. The fourth-order valence-corrected chi connectivity index (χ4v) is 3.39. The lowest BCUT2D eigenvalue weighted by Gasteiger charge is -2.20. The zero-order valence-electron chi connectivity index (χ0n) is 15.2. The highest BCUT2D eigenvalue weighted by Gasteiger charge is 2.19. The highest BCUT2D eigenvalue weighted by molar-refractivity contribution is 5.80. The molecule has 130 valence electrons. The van der Waals surface area contributed by atoms with Gasteiger partial charge in [-0.1, -0.05) is 63.2 Å². The quantitative estimate of drug-likeness (QED) is 0.696. The highest BCUT2D eigenvalue weighted by Crippen LogP contribution is 2.20. The van der Waals surface area contributed by atoms with E-state index in [0.29, 0.717) is 17.5 Å². The van der Waals surface area contributed by atoms with E-state index in [1.807, 2.05) is 12.1 Å². The Morgan fingerprint density at radius 2 is 1.80 bits per heavy atom. The van der Waals surface area contributed by atoms with Crippen molar-refractivity contribution < 1.29 is 9.73 Å². The second-order valence-electron chi connectivity index (χ2n) is 6.90. The molecule has 1 heterocycles. The van der Waals surface area contributed by atoms with Gasteiger partial charge in [-0.3, -0.25) is 0 Å². The number of aryl methyl sites for hydroxylation is 1. The minimum absolute atomic E-state index is 0.273. The van der Waals surface area contributed by atoms with E-state index in [9.17, 15) is 4.79 Å². The van der Waals surface area contributed by atoms with Crippen LogP contribution in [0.5, 0.6) is 0 Å². The first-order valence-corrected chi connectivity index (χ1v) is 9.02. The van der Waals surface area contributed by atoms with Crippen LogP contribution in [0.4, 0.5) is 0 Å². The van der Waals surface area contributed by atoms with Crippen molar-refractivity contribution in [1.29, 1.82) is 0 Å². The summed E-state index contributed by atoms with van der Waals surface area (Å²) in [6, 6.07) is 18.7. The highest BCUT2D eigenvalue weighted by atomic mass is 16.4. The van der Waals surface area contributed by atoms with Gasteiger partial charge in [0.1, 0.15) is 18.2 Å². The second-order valence-corrected chi connectivity index (χ2v) is 6.90. The molecule has 1 atom stereocenters. The molecule has 0 amide bonds. The molecule has 0 aliphatic carbocycles. The van der Waals surface area contributed by atoms with Gasteiger partial charge in [0.05, 0.1) is 0 Å². The molecule has 3 nitrogen and oxygen atoms in total. The van der Waals surface area contributed by atoms with Crippen molar-refractivity contribution in [2.75, 3.05) is 0 Å². The van der Waals surface area contributed by atoms with Crippen LogP contribution in [0.2, 0.25) is 0 Å². The zero-order valence-corrected chi connectivity index (χ0v) is 15.2. The first-order chi connectivity index (χ1) is 12.1. The molecule has 0 fully saturated rings. The fraction of sp³-hybridized carbons (Fsp3) is 0.318. The molecule has 0 bridgehead atoms. The molecule has 2 N–H and O–H groups in total. The zero-order chi connectivity index (χ0) is 17.8. The number of nitrogens with two attached hydrogens (primary N) is 1. The molecule has 3 heteroatoms. The van der Waals surface area contributed by atoms with Gasteiger partial charge in [-0.25, -0.2) is 4.79 Å². The molecule has 0 aliphatic heterocycles. The topological polar surface area (TPSA) is 46.8 Å². The Kier molecular flexibility index (Phi) is 5.34. The van der Waals surface area contributed by atoms with E-state index in [4.69, 9.17) is 4.42 Å². The van der Waals surface area contributed by atoms with E-state index in [1.54, 1.807) is 6.07 Å². The molecule has 3 aromatic rings. The summed E-state index contributed by atoms with van der Waals surface area (Å²) >= 11 is 0. The van der Waals surface area contributed by atoms with Crippen LogP contribution < -0.4 is 10.9 Å². The summed E-state index contributed by atoms with van der Waals surface area (Å²) in [5.74, 6) is 0.500. The smallest absolute Gasteiger partial charge is 0.336 e. The third-order valence-corrected chi connectivity index (χ3v) is 4.80. The van der Waals surface area contributed by atoms with Crippen LogP contribution in [0.1, 0.15) is 43.5 Å². The van der Waals surface area contributed by atoms with Crippen LogP contribution in [0.3, 0.4) is 0 Å². The predicted octanol–water partition coefficient (Wildman–Crippen LogP) is 3.82. The normalized spacial score (nSPS) is 12.6. The fourth-order valence-electron chi connectivity index (χ4n) is 3.39. The predicted molar refractivity (Wildman–Crippen MR) is 102 cm³/mol. The average molecular weight is 336 g/mol. The van der Waals surface area contributed by atoms with Crippen molar-refractivity contribution in [3.8, 4) is 0 Å². The molecule has 0 aliphatic rings. The summed E-state index contributed by atoms with van der Waals surface area (Å²) in [7, 11) is 0. The van der Waals surface area contributed by atoms with Crippen LogP contribution >= 0.6 is 0 Å². The Labute approximate surface area is 148 Å². The molecular weight excluding hydrogens is 310 g/mol. The van der Waals surface area contributed by atoms with Gasteiger partial charge in [-0.05, 0) is 18.1 Å². The summed E-state index contributed by atoms with van der Waals surface area (Å²) in [4.78, 5) is 12.0. The maximum absolute atomic E-state index is 12.0. The molecule has 25 heavy (non-hydrogen) atoms. The van der Waals surface area contributed by atoms with Gasteiger partial charge >= 0.3 is 5.63 Å². The summed E-state index contributed by atoms with van der Waals surface area (Å²) in [5.41, 5.74) is 3.95. The van der Waals surface area contributed by atoms with E-state index in [-0.39, 0.29) is 5.63 Å². The van der Waals surface area contributed by atoms with Crippen molar-refractivity contribution in [3.63, 3.8) is 0 Å². The SMILES string of the molecule is CCc1ccc2c(C[NH2+][C@H](c3ccccc3)C(C)C)cc(=O)oc2c1. The third kappa shape index (κ3) is 3.99. The van der Waals surface area contributed by atoms with Gasteiger partial charge in [-0.2, -0.15) is 0 Å². The number of benzene rings is 2. The minimum Gasteiger partial charge on any atom is -0.423 e. The number of quaternary nitrogens is 1. The molecule has 1 aromatic heterocycles. The van der Waals surface area contributed by atoms with Crippen molar-refractivity contribution in [2.24, 2.45) is 5.92 Å². The first-order valence-electron chi connectivity index (χ1n) is 9.02. The Bertz CT molecular complexity index is 897. The lowest BCUT2D eigenvalue weighted by atomic mass is 9.95. The van der Waals surface area contributed by atoms with Gasteiger partial charge in [0.25, 0.3) is 0 Å². The molecule has 0 unspecified atom stereocenters. The van der Waals surface area contributed by atoms with E-state index < -0.39 is 0 Å². The number of hydrogen-bond acceptors (Lipinski definition) is 2. The van der Waals surface area contributed by atoms with Crippen LogP contribution in [-0.4, -0.2) is 0 Å². The second kappa shape index (κ2) is 7.66. The van der Waals surface area contributed by atoms with Crippen molar-refractivity contribution in [1.82, 2.24) is 0 Å². The maximum Gasteiger partial charge on any atom is 0.336 e. The van der Waals surface area contributed by atoms with Crippen molar-refractivity contribution >= 4 is 11.0 Å². The van der Waals surface area contributed by atoms with Gasteiger partial charge < -0.3 is 9.73 Å². The Balaban J connectivity index is 1.90. The third-order valence-electron chi connectivity index (χ3n) is 4.80. The van der Waals surface area contributed by atoms with Crippen LogP contribution in [0.25, 0.3) is 11.0 Å². The van der Waals surface area contributed by atoms with Gasteiger partial charge in [0, 0.05) is 28.5 Å². The van der Waals surface area contributed by atoms with Crippen molar-refractivity contribution in [3.05, 3.63) is 81.7 Å². The van der Waals surface area contributed by atoms with Crippen LogP contribution in [0, 0.1) is 5.92 Å². The van der Waals surface area contributed by atoms with E-state index in [1.165, 1.54) is 11.1 Å². The minimum atomic E-state index is -0.273. The van der Waals surface area contributed by atoms with Crippen LogP contribution in [0.15, 0.2) is 63.8 Å². The summed E-state index contributed by atoms with van der Waals surface area (Å²) < 4.78 is 5.41. The molecular formula is C22H26NO2+. The number of rotatable bonds is 6. The lowest BCUT2D eigenvalue weighted by molar-refractivity contribution is -0.716.